The van der Waals surface area contributed by atoms with Crippen molar-refractivity contribution in [2.75, 3.05) is 13.2 Å². The van der Waals surface area contributed by atoms with Crippen LogP contribution in [-0.2, 0) is 9.47 Å². The van der Waals surface area contributed by atoms with Crippen LogP contribution in [0.3, 0.4) is 0 Å². The van der Waals surface area contributed by atoms with E-state index >= 15 is 0 Å². The molecule has 3 atom stereocenters. The molecule has 74 valence electrons. The van der Waals surface area contributed by atoms with Gasteiger partial charge in [-0.2, -0.15) is 0 Å². The monoisotopic (exact) mass is 176 g/mol. The van der Waals surface area contributed by atoms with Crippen LogP contribution in [0.1, 0.15) is 27.7 Å². The molecular formula is C9H20O3. The predicted octanol–water partition coefficient (Wildman–Crippen LogP) is 1.40. The molecule has 0 bridgehead atoms. The number of hydrogen-bond donors (Lipinski definition) is 1. The van der Waals surface area contributed by atoms with Gasteiger partial charge in [-0.25, -0.2) is 0 Å². The second-order valence-corrected chi connectivity index (χ2v) is 3.02. The van der Waals surface area contributed by atoms with Gasteiger partial charge in [-0.15, -0.1) is 0 Å². The molecule has 0 amide bonds. The lowest BCUT2D eigenvalue weighted by Gasteiger charge is -2.22. The van der Waals surface area contributed by atoms with Crippen molar-refractivity contribution >= 4 is 0 Å². The third-order valence-corrected chi connectivity index (χ3v) is 1.90. The number of aliphatic hydroxyl groups excluding tert-OH is 1. The molecule has 0 aliphatic heterocycles. The van der Waals surface area contributed by atoms with E-state index in [2.05, 4.69) is 0 Å². The lowest BCUT2D eigenvalue weighted by Crippen LogP contribution is -2.27. The van der Waals surface area contributed by atoms with Crippen LogP contribution in [0.5, 0.6) is 0 Å². The number of aliphatic hydroxyl groups is 1. The summed E-state index contributed by atoms with van der Waals surface area (Å²) in [6.07, 6.45) is -0.143. The van der Waals surface area contributed by atoms with Crippen molar-refractivity contribution in [1.29, 1.82) is 0 Å². The maximum Gasteiger partial charge on any atom is 0.155 e. The molecule has 12 heavy (non-hydrogen) atoms. The van der Waals surface area contributed by atoms with E-state index in [0.29, 0.717) is 6.61 Å². The summed E-state index contributed by atoms with van der Waals surface area (Å²) in [7, 11) is 0. The van der Waals surface area contributed by atoms with Crippen LogP contribution in [0, 0.1) is 5.92 Å². The van der Waals surface area contributed by atoms with Gasteiger partial charge in [0.15, 0.2) is 6.29 Å². The van der Waals surface area contributed by atoms with Gasteiger partial charge >= 0.3 is 0 Å². The Bertz CT molecular complexity index is 106. The maximum atomic E-state index is 8.83. The third-order valence-electron chi connectivity index (χ3n) is 1.90. The summed E-state index contributed by atoms with van der Waals surface area (Å²) in [5.74, 6) is 0.160. The van der Waals surface area contributed by atoms with Crippen molar-refractivity contribution in [3.05, 3.63) is 0 Å². The zero-order valence-corrected chi connectivity index (χ0v) is 8.41. The summed E-state index contributed by atoms with van der Waals surface area (Å²) < 4.78 is 10.7. The SMILES string of the molecule is CCOC(C)O[C@H](C)[C@@H](C)CO. The van der Waals surface area contributed by atoms with Crippen LogP contribution in [-0.4, -0.2) is 30.7 Å². The van der Waals surface area contributed by atoms with Gasteiger partial charge in [-0.1, -0.05) is 6.92 Å². The predicted molar refractivity (Wildman–Crippen MR) is 47.9 cm³/mol. The standard InChI is InChI=1S/C9H20O3/c1-5-11-9(4)12-8(3)7(2)6-10/h7-10H,5-6H2,1-4H3/t7-,8+,9?/m0/s1. The first-order valence-corrected chi connectivity index (χ1v) is 4.49. The molecule has 1 unspecified atom stereocenters. The molecule has 0 aromatic carbocycles. The summed E-state index contributed by atoms with van der Waals surface area (Å²) in [4.78, 5) is 0. The van der Waals surface area contributed by atoms with Gasteiger partial charge in [-0.3, -0.25) is 0 Å². The topological polar surface area (TPSA) is 38.7 Å². The summed E-state index contributed by atoms with van der Waals surface area (Å²) >= 11 is 0. The molecule has 0 fully saturated rings. The molecule has 3 heteroatoms. The largest absolute Gasteiger partial charge is 0.396 e. The molecule has 0 aliphatic carbocycles. The number of ether oxygens (including phenoxy) is 2. The molecule has 0 spiro atoms. The van der Waals surface area contributed by atoms with Gasteiger partial charge in [0.25, 0.3) is 0 Å². The van der Waals surface area contributed by atoms with Crippen LogP contribution in [0.2, 0.25) is 0 Å². The minimum absolute atomic E-state index is 0.0385. The van der Waals surface area contributed by atoms with Crippen molar-refractivity contribution in [3.63, 3.8) is 0 Å². The first-order chi connectivity index (χ1) is 5.61. The van der Waals surface area contributed by atoms with Crippen LogP contribution >= 0.6 is 0 Å². The number of hydrogen-bond acceptors (Lipinski definition) is 3. The van der Waals surface area contributed by atoms with E-state index in [1.54, 1.807) is 0 Å². The van der Waals surface area contributed by atoms with Crippen molar-refractivity contribution in [3.8, 4) is 0 Å². The normalized spacial score (nSPS) is 18.8. The summed E-state index contributed by atoms with van der Waals surface area (Å²) in [6.45, 7) is 8.49. The Labute approximate surface area is 74.7 Å². The van der Waals surface area contributed by atoms with Gasteiger partial charge in [0.05, 0.1) is 6.10 Å². The van der Waals surface area contributed by atoms with Crippen molar-refractivity contribution in [2.24, 2.45) is 5.92 Å². The summed E-state index contributed by atoms with van der Waals surface area (Å²) in [5, 5.41) is 8.83. The fraction of sp³-hybridized carbons (Fsp3) is 1.00. The molecule has 0 heterocycles. The van der Waals surface area contributed by atoms with Crippen LogP contribution in [0.25, 0.3) is 0 Å². The molecule has 0 aromatic heterocycles. The first-order valence-electron chi connectivity index (χ1n) is 4.49. The Morgan fingerprint density at radius 1 is 1.25 bits per heavy atom. The zero-order chi connectivity index (χ0) is 9.56. The fourth-order valence-corrected chi connectivity index (χ4v) is 0.859. The molecule has 0 aliphatic rings. The molecule has 0 saturated heterocycles. The van der Waals surface area contributed by atoms with Gasteiger partial charge in [0.1, 0.15) is 0 Å². The Balaban J connectivity index is 3.59. The second kappa shape index (κ2) is 6.40. The van der Waals surface area contributed by atoms with E-state index in [-0.39, 0.29) is 24.9 Å². The minimum Gasteiger partial charge on any atom is -0.396 e. The van der Waals surface area contributed by atoms with Crippen LogP contribution in [0.15, 0.2) is 0 Å². The van der Waals surface area contributed by atoms with Crippen molar-refractivity contribution in [2.45, 2.75) is 40.1 Å². The Morgan fingerprint density at radius 3 is 2.25 bits per heavy atom. The highest BCUT2D eigenvalue weighted by Crippen LogP contribution is 2.09. The van der Waals surface area contributed by atoms with Gasteiger partial charge < -0.3 is 14.6 Å². The molecule has 1 N–H and O–H groups in total. The second-order valence-electron chi connectivity index (χ2n) is 3.02. The maximum absolute atomic E-state index is 8.83. The van der Waals surface area contributed by atoms with E-state index in [1.807, 2.05) is 27.7 Å². The van der Waals surface area contributed by atoms with Crippen LogP contribution in [0.4, 0.5) is 0 Å². The Morgan fingerprint density at radius 2 is 1.83 bits per heavy atom. The summed E-state index contributed by atoms with van der Waals surface area (Å²) in [5.41, 5.74) is 0. The lowest BCUT2D eigenvalue weighted by molar-refractivity contribution is -0.166. The van der Waals surface area contributed by atoms with Gasteiger partial charge in [0, 0.05) is 19.1 Å². The Hall–Kier alpha value is -0.120. The summed E-state index contributed by atoms with van der Waals surface area (Å²) in [6, 6.07) is 0. The molecule has 0 rings (SSSR count). The highest BCUT2D eigenvalue weighted by Gasteiger charge is 2.14. The molecule has 0 aromatic rings. The molecular weight excluding hydrogens is 156 g/mol. The highest BCUT2D eigenvalue weighted by molar-refractivity contribution is 4.59. The van der Waals surface area contributed by atoms with Crippen LogP contribution < -0.4 is 0 Å². The van der Waals surface area contributed by atoms with Gasteiger partial charge in [-0.05, 0) is 20.8 Å². The van der Waals surface area contributed by atoms with Crippen molar-refractivity contribution < 1.29 is 14.6 Å². The van der Waals surface area contributed by atoms with Gasteiger partial charge in [0.2, 0.25) is 0 Å². The zero-order valence-electron chi connectivity index (χ0n) is 8.41. The average molecular weight is 176 g/mol. The minimum atomic E-state index is -0.181. The molecule has 0 radical (unpaired) electrons. The first kappa shape index (κ1) is 11.9. The smallest absolute Gasteiger partial charge is 0.155 e. The van der Waals surface area contributed by atoms with Crippen molar-refractivity contribution in [1.82, 2.24) is 0 Å². The fourth-order valence-electron chi connectivity index (χ4n) is 0.859. The third kappa shape index (κ3) is 4.70. The molecule has 0 saturated carbocycles. The van der Waals surface area contributed by atoms with E-state index in [4.69, 9.17) is 14.6 Å². The van der Waals surface area contributed by atoms with E-state index in [0.717, 1.165) is 0 Å². The lowest BCUT2D eigenvalue weighted by atomic mass is 10.1. The average Bonchev–Trinajstić information content (AvgIpc) is 2.03. The quantitative estimate of drug-likeness (QED) is 0.622. The molecule has 3 nitrogen and oxygen atoms in total. The number of rotatable bonds is 6. The Kier molecular flexibility index (Phi) is 6.34. The van der Waals surface area contributed by atoms with E-state index < -0.39 is 0 Å². The van der Waals surface area contributed by atoms with E-state index in [1.165, 1.54) is 0 Å². The van der Waals surface area contributed by atoms with E-state index in [9.17, 15) is 0 Å². The highest BCUT2D eigenvalue weighted by atomic mass is 16.7.